The summed E-state index contributed by atoms with van der Waals surface area (Å²) in [5.74, 6) is 1.14. The maximum Gasteiger partial charge on any atom is 0.270 e. The quantitative estimate of drug-likeness (QED) is 0.320. The molecule has 2 heterocycles. The van der Waals surface area contributed by atoms with E-state index in [0.29, 0.717) is 25.7 Å². The molecule has 1 fully saturated rings. The summed E-state index contributed by atoms with van der Waals surface area (Å²) in [7, 11) is 1.60. The standard InChI is InChI=1S/C21H14ClNO3S3/c1-25-15-6-4-14(5-7-15)23-20(24)18(29-21(23)27)12-16-8-11-19(26-16)28-17-9-2-13(22)3-10-17/h2-12H,1H3/b18-12+. The molecule has 4 nitrogen and oxygen atoms in total. The van der Waals surface area contributed by atoms with Crippen LogP contribution in [0.2, 0.25) is 5.02 Å². The highest BCUT2D eigenvalue weighted by atomic mass is 35.5. The molecular weight excluding hydrogens is 446 g/mol. The molecule has 1 aliphatic rings. The number of ether oxygens (including phenoxy) is 1. The Bertz CT molecular complexity index is 1090. The van der Waals surface area contributed by atoms with Gasteiger partial charge in [-0.2, -0.15) is 0 Å². The van der Waals surface area contributed by atoms with Crippen LogP contribution in [-0.2, 0) is 4.79 Å². The lowest BCUT2D eigenvalue weighted by atomic mass is 10.2. The third kappa shape index (κ3) is 4.53. The SMILES string of the molecule is COc1ccc(N2C(=O)/C(=C\c3ccc(Sc4ccc(Cl)cc4)o3)SC2=S)cc1. The lowest BCUT2D eigenvalue weighted by Crippen LogP contribution is -2.27. The zero-order chi connectivity index (χ0) is 20.4. The Morgan fingerprint density at radius 1 is 1.10 bits per heavy atom. The third-order valence-corrected chi connectivity index (χ3v) is 6.51. The van der Waals surface area contributed by atoms with Crippen molar-refractivity contribution in [3.8, 4) is 5.75 Å². The summed E-state index contributed by atoms with van der Waals surface area (Å²) in [6.07, 6.45) is 1.72. The molecule has 1 saturated heterocycles. The molecule has 0 saturated carbocycles. The first-order valence-electron chi connectivity index (χ1n) is 8.49. The van der Waals surface area contributed by atoms with E-state index in [9.17, 15) is 4.79 Å². The van der Waals surface area contributed by atoms with Crippen LogP contribution in [0.5, 0.6) is 5.75 Å². The van der Waals surface area contributed by atoms with Crippen LogP contribution in [0.1, 0.15) is 5.76 Å². The number of nitrogens with zero attached hydrogens (tertiary/aromatic N) is 1. The molecule has 0 N–H and O–H groups in total. The summed E-state index contributed by atoms with van der Waals surface area (Å²) in [4.78, 5) is 15.9. The van der Waals surface area contributed by atoms with Crippen LogP contribution in [0.25, 0.3) is 6.08 Å². The van der Waals surface area contributed by atoms with Crippen molar-refractivity contribution >= 4 is 69.3 Å². The lowest BCUT2D eigenvalue weighted by molar-refractivity contribution is -0.113. The molecule has 0 atom stereocenters. The van der Waals surface area contributed by atoms with Gasteiger partial charge in [0.1, 0.15) is 11.5 Å². The molecule has 1 aromatic heterocycles. The van der Waals surface area contributed by atoms with Crippen LogP contribution in [0, 0.1) is 0 Å². The summed E-state index contributed by atoms with van der Waals surface area (Å²) in [5, 5.41) is 1.41. The molecule has 0 unspecified atom stereocenters. The highest BCUT2D eigenvalue weighted by molar-refractivity contribution is 8.27. The number of methoxy groups -OCH3 is 1. The Morgan fingerprint density at radius 2 is 1.83 bits per heavy atom. The first-order chi connectivity index (χ1) is 14.0. The second kappa shape index (κ2) is 8.67. The Kier molecular flexibility index (Phi) is 6.01. The number of thioether (sulfide) groups is 1. The van der Waals surface area contributed by atoms with Gasteiger partial charge >= 0.3 is 0 Å². The highest BCUT2D eigenvalue weighted by Gasteiger charge is 2.33. The van der Waals surface area contributed by atoms with Gasteiger partial charge in [0.2, 0.25) is 0 Å². The van der Waals surface area contributed by atoms with Crippen LogP contribution < -0.4 is 9.64 Å². The molecule has 146 valence electrons. The average Bonchev–Trinajstić information content (AvgIpc) is 3.27. The number of rotatable bonds is 5. The average molecular weight is 460 g/mol. The van der Waals surface area contributed by atoms with E-state index in [1.165, 1.54) is 28.4 Å². The van der Waals surface area contributed by atoms with E-state index in [2.05, 4.69) is 0 Å². The van der Waals surface area contributed by atoms with E-state index in [-0.39, 0.29) is 5.91 Å². The number of carbonyl (C=O) groups is 1. The summed E-state index contributed by atoms with van der Waals surface area (Å²) >= 11 is 14.1. The van der Waals surface area contributed by atoms with Gasteiger partial charge in [-0.25, -0.2) is 0 Å². The van der Waals surface area contributed by atoms with Gasteiger partial charge in [0.05, 0.1) is 17.7 Å². The Labute approximate surface area is 186 Å². The Morgan fingerprint density at radius 3 is 2.52 bits per heavy atom. The molecule has 0 aliphatic carbocycles. The predicted octanol–water partition coefficient (Wildman–Crippen LogP) is 6.50. The number of hydrogen-bond donors (Lipinski definition) is 0. The van der Waals surface area contributed by atoms with Gasteiger partial charge in [-0.15, -0.1) is 0 Å². The summed E-state index contributed by atoms with van der Waals surface area (Å²) in [6, 6.07) is 18.4. The molecule has 29 heavy (non-hydrogen) atoms. The van der Waals surface area contributed by atoms with Crippen LogP contribution in [0.15, 0.2) is 80.0 Å². The van der Waals surface area contributed by atoms with Crippen LogP contribution >= 0.6 is 47.3 Å². The minimum absolute atomic E-state index is 0.173. The number of hydrogen-bond acceptors (Lipinski definition) is 6. The van der Waals surface area contributed by atoms with Gasteiger partial charge < -0.3 is 9.15 Å². The van der Waals surface area contributed by atoms with Gasteiger partial charge in [0.15, 0.2) is 9.41 Å². The number of anilines is 1. The smallest absolute Gasteiger partial charge is 0.270 e. The van der Waals surface area contributed by atoms with Crippen molar-refractivity contribution < 1.29 is 13.9 Å². The molecule has 3 aromatic rings. The largest absolute Gasteiger partial charge is 0.497 e. The fourth-order valence-electron chi connectivity index (χ4n) is 2.64. The van der Waals surface area contributed by atoms with Crippen molar-refractivity contribution in [2.45, 2.75) is 9.99 Å². The van der Waals surface area contributed by atoms with Gasteiger partial charge in [0.25, 0.3) is 5.91 Å². The van der Waals surface area contributed by atoms with Crippen molar-refractivity contribution in [3.63, 3.8) is 0 Å². The number of thiocarbonyl (C=S) groups is 1. The first kappa shape index (κ1) is 20.1. The molecule has 8 heteroatoms. The van der Waals surface area contributed by atoms with Crippen LogP contribution in [-0.4, -0.2) is 17.3 Å². The maximum absolute atomic E-state index is 12.9. The molecule has 0 bridgehead atoms. The zero-order valence-electron chi connectivity index (χ0n) is 15.1. The Hall–Kier alpha value is -2.19. The molecular formula is C21H14ClNO3S3. The van der Waals surface area contributed by atoms with Gasteiger partial charge in [0, 0.05) is 16.0 Å². The van der Waals surface area contributed by atoms with Crippen LogP contribution in [0.3, 0.4) is 0 Å². The normalized spacial score (nSPS) is 15.4. The van der Waals surface area contributed by atoms with E-state index in [1.807, 2.05) is 36.4 Å². The lowest BCUT2D eigenvalue weighted by Gasteiger charge is -2.14. The number of furan rings is 1. The van der Waals surface area contributed by atoms with Crippen molar-refractivity contribution in [2.75, 3.05) is 12.0 Å². The van der Waals surface area contributed by atoms with Crippen molar-refractivity contribution in [2.24, 2.45) is 0 Å². The zero-order valence-corrected chi connectivity index (χ0v) is 18.3. The summed E-state index contributed by atoms with van der Waals surface area (Å²) in [6.45, 7) is 0. The first-order valence-corrected chi connectivity index (χ1v) is 10.9. The summed E-state index contributed by atoms with van der Waals surface area (Å²) in [5.41, 5.74) is 0.704. The fraction of sp³-hybridized carbons (Fsp3) is 0.0476. The third-order valence-electron chi connectivity index (χ3n) is 4.03. The Balaban J connectivity index is 1.51. The number of halogens is 1. The van der Waals surface area contributed by atoms with Gasteiger partial charge in [-0.05, 0) is 60.7 Å². The topological polar surface area (TPSA) is 42.7 Å². The second-order valence-electron chi connectivity index (χ2n) is 5.93. The van der Waals surface area contributed by atoms with Gasteiger partial charge in [-0.1, -0.05) is 47.3 Å². The maximum atomic E-state index is 12.9. The predicted molar refractivity (Wildman–Crippen MR) is 123 cm³/mol. The molecule has 0 spiro atoms. The second-order valence-corrected chi connectivity index (χ2v) is 9.12. The van der Waals surface area contributed by atoms with Crippen molar-refractivity contribution in [1.82, 2.24) is 0 Å². The summed E-state index contributed by atoms with van der Waals surface area (Å²) < 4.78 is 11.5. The molecule has 1 aliphatic heterocycles. The molecule has 0 radical (unpaired) electrons. The minimum Gasteiger partial charge on any atom is -0.497 e. The van der Waals surface area contributed by atoms with E-state index in [1.54, 1.807) is 37.5 Å². The monoisotopic (exact) mass is 459 g/mol. The van der Waals surface area contributed by atoms with E-state index < -0.39 is 0 Å². The van der Waals surface area contributed by atoms with Crippen molar-refractivity contribution in [1.29, 1.82) is 0 Å². The minimum atomic E-state index is -0.173. The molecule has 2 aromatic carbocycles. The highest BCUT2D eigenvalue weighted by Crippen LogP contribution is 2.37. The number of carbonyl (C=O) groups excluding carboxylic acids is 1. The van der Waals surface area contributed by atoms with E-state index in [0.717, 1.165) is 15.7 Å². The van der Waals surface area contributed by atoms with E-state index in [4.69, 9.17) is 33.0 Å². The number of amides is 1. The van der Waals surface area contributed by atoms with Gasteiger partial charge in [-0.3, -0.25) is 9.69 Å². The molecule has 4 rings (SSSR count). The van der Waals surface area contributed by atoms with E-state index >= 15 is 0 Å². The fourth-order valence-corrected chi connectivity index (χ4v) is 4.82. The van der Waals surface area contributed by atoms with Crippen LogP contribution in [0.4, 0.5) is 5.69 Å². The molecule has 1 amide bonds. The van der Waals surface area contributed by atoms with Crippen molar-refractivity contribution in [3.05, 3.63) is 76.4 Å². The number of benzene rings is 2.